The second-order valence-electron chi connectivity index (χ2n) is 3.99. The van der Waals surface area contributed by atoms with Crippen LogP contribution < -0.4 is 5.32 Å². The van der Waals surface area contributed by atoms with E-state index in [2.05, 4.69) is 47.3 Å². The minimum absolute atomic E-state index is 0.833. The number of hydrogen-bond acceptors (Lipinski definition) is 3. The van der Waals surface area contributed by atoms with Crippen LogP contribution in [0.25, 0.3) is 0 Å². The fourth-order valence-electron chi connectivity index (χ4n) is 1.61. The maximum atomic E-state index is 4.18. The van der Waals surface area contributed by atoms with Crippen LogP contribution in [0.4, 0.5) is 11.5 Å². The van der Waals surface area contributed by atoms with Crippen molar-refractivity contribution in [2.45, 2.75) is 20.8 Å². The average molecular weight is 213 g/mol. The minimum atomic E-state index is 0.833. The first-order chi connectivity index (χ1) is 7.65. The largest absolute Gasteiger partial charge is 0.340 e. The number of nitrogens with zero attached hydrogens (tertiary/aromatic N) is 2. The summed E-state index contributed by atoms with van der Waals surface area (Å²) in [6, 6.07) is 8.24. The Kier molecular flexibility index (Phi) is 2.86. The van der Waals surface area contributed by atoms with Gasteiger partial charge in [-0.2, -0.15) is 0 Å². The van der Waals surface area contributed by atoms with E-state index in [4.69, 9.17) is 0 Å². The highest BCUT2D eigenvalue weighted by Crippen LogP contribution is 2.19. The monoisotopic (exact) mass is 213 g/mol. The van der Waals surface area contributed by atoms with Crippen LogP contribution in [-0.2, 0) is 0 Å². The quantitative estimate of drug-likeness (QED) is 0.832. The maximum absolute atomic E-state index is 4.18. The van der Waals surface area contributed by atoms with Crippen LogP contribution in [-0.4, -0.2) is 9.97 Å². The lowest BCUT2D eigenvalue weighted by Gasteiger charge is -2.09. The van der Waals surface area contributed by atoms with Crippen molar-refractivity contribution in [1.82, 2.24) is 9.97 Å². The summed E-state index contributed by atoms with van der Waals surface area (Å²) in [6.07, 6.45) is 1.57. The molecule has 0 radical (unpaired) electrons. The molecule has 0 saturated carbocycles. The molecule has 0 saturated heterocycles. The zero-order chi connectivity index (χ0) is 11.5. The second kappa shape index (κ2) is 4.31. The van der Waals surface area contributed by atoms with Gasteiger partial charge < -0.3 is 5.32 Å². The van der Waals surface area contributed by atoms with E-state index in [9.17, 15) is 0 Å². The number of anilines is 2. The average Bonchev–Trinajstić information content (AvgIpc) is 2.22. The lowest BCUT2D eigenvalue weighted by Crippen LogP contribution is -1.97. The molecule has 1 aromatic heterocycles. The standard InChI is InChI=1S/C13H15N3/c1-9-4-5-12(10(2)6-9)16-13-7-11(3)14-8-15-13/h4-8H,1-3H3,(H,14,15,16). The normalized spacial score (nSPS) is 10.2. The fraction of sp³-hybridized carbons (Fsp3) is 0.231. The Morgan fingerprint density at radius 3 is 2.50 bits per heavy atom. The van der Waals surface area contributed by atoms with Crippen LogP contribution in [0, 0.1) is 20.8 Å². The Labute approximate surface area is 95.6 Å². The van der Waals surface area contributed by atoms with E-state index in [0.29, 0.717) is 0 Å². The van der Waals surface area contributed by atoms with Crippen LogP contribution >= 0.6 is 0 Å². The molecule has 3 heteroatoms. The van der Waals surface area contributed by atoms with Crippen molar-refractivity contribution >= 4 is 11.5 Å². The molecule has 0 atom stereocenters. The number of aryl methyl sites for hydroxylation is 3. The van der Waals surface area contributed by atoms with Crippen molar-refractivity contribution < 1.29 is 0 Å². The minimum Gasteiger partial charge on any atom is -0.340 e. The van der Waals surface area contributed by atoms with Crippen molar-refractivity contribution in [3.05, 3.63) is 47.4 Å². The summed E-state index contributed by atoms with van der Waals surface area (Å²) in [6.45, 7) is 6.13. The maximum Gasteiger partial charge on any atom is 0.133 e. The Morgan fingerprint density at radius 2 is 1.81 bits per heavy atom. The van der Waals surface area contributed by atoms with Crippen LogP contribution in [0.3, 0.4) is 0 Å². The zero-order valence-corrected chi connectivity index (χ0v) is 9.78. The Balaban J connectivity index is 2.27. The lowest BCUT2D eigenvalue weighted by atomic mass is 10.1. The van der Waals surface area contributed by atoms with Crippen LogP contribution in [0.15, 0.2) is 30.6 Å². The van der Waals surface area contributed by atoms with E-state index in [1.165, 1.54) is 11.1 Å². The van der Waals surface area contributed by atoms with Crippen LogP contribution in [0.1, 0.15) is 16.8 Å². The third-order valence-electron chi connectivity index (χ3n) is 2.45. The number of benzene rings is 1. The number of nitrogens with one attached hydrogen (secondary N) is 1. The predicted octanol–water partition coefficient (Wildman–Crippen LogP) is 3.15. The summed E-state index contributed by atoms with van der Waals surface area (Å²) < 4.78 is 0. The second-order valence-corrected chi connectivity index (χ2v) is 3.99. The molecule has 1 aromatic carbocycles. The van der Waals surface area contributed by atoms with Gasteiger partial charge >= 0.3 is 0 Å². The molecule has 2 rings (SSSR count). The topological polar surface area (TPSA) is 37.8 Å². The van der Waals surface area contributed by atoms with E-state index >= 15 is 0 Å². The molecular weight excluding hydrogens is 198 g/mol. The van der Waals surface area contributed by atoms with E-state index in [1.54, 1.807) is 6.33 Å². The molecule has 0 bridgehead atoms. The van der Waals surface area contributed by atoms with Gasteiger partial charge in [0, 0.05) is 17.4 Å². The first-order valence-electron chi connectivity index (χ1n) is 5.28. The highest BCUT2D eigenvalue weighted by molar-refractivity contribution is 5.60. The van der Waals surface area contributed by atoms with Gasteiger partial charge in [0.05, 0.1) is 0 Å². The molecule has 3 nitrogen and oxygen atoms in total. The lowest BCUT2D eigenvalue weighted by molar-refractivity contribution is 1.10. The summed E-state index contributed by atoms with van der Waals surface area (Å²) in [7, 11) is 0. The first kappa shape index (κ1) is 10.6. The first-order valence-corrected chi connectivity index (χ1v) is 5.28. The molecular formula is C13H15N3. The van der Waals surface area contributed by atoms with Gasteiger partial charge in [-0.15, -0.1) is 0 Å². The molecule has 0 fully saturated rings. The Hall–Kier alpha value is -1.90. The van der Waals surface area contributed by atoms with E-state index in [1.807, 2.05) is 13.0 Å². The van der Waals surface area contributed by atoms with Crippen molar-refractivity contribution in [2.75, 3.05) is 5.32 Å². The van der Waals surface area contributed by atoms with E-state index < -0.39 is 0 Å². The van der Waals surface area contributed by atoms with Crippen LogP contribution in [0.5, 0.6) is 0 Å². The van der Waals surface area contributed by atoms with Crippen molar-refractivity contribution in [3.8, 4) is 0 Å². The molecule has 0 aliphatic carbocycles. The molecule has 2 aromatic rings. The van der Waals surface area contributed by atoms with Crippen molar-refractivity contribution in [2.24, 2.45) is 0 Å². The summed E-state index contributed by atoms with van der Waals surface area (Å²) in [5, 5.41) is 3.29. The van der Waals surface area contributed by atoms with E-state index in [0.717, 1.165) is 17.2 Å². The van der Waals surface area contributed by atoms with Gasteiger partial charge in [-0.1, -0.05) is 17.7 Å². The molecule has 0 aliphatic heterocycles. The Bertz CT molecular complexity index is 506. The fourth-order valence-corrected chi connectivity index (χ4v) is 1.61. The molecule has 0 unspecified atom stereocenters. The van der Waals surface area contributed by atoms with Gasteiger partial charge in [-0.25, -0.2) is 9.97 Å². The number of aromatic nitrogens is 2. The third kappa shape index (κ3) is 2.37. The number of hydrogen-bond donors (Lipinski definition) is 1. The molecule has 0 spiro atoms. The van der Waals surface area contributed by atoms with Gasteiger partial charge in [0.15, 0.2) is 0 Å². The Morgan fingerprint density at radius 1 is 1.00 bits per heavy atom. The van der Waals surface area contributed by atoms with Gasteiger partial charge in [-0.3, -0.25) is 0 Å². The molecule has 1 heterocycles. The summed E-state index contributed by atoms with van der Waals surface area (Å²) >= 11 is 0. The summed E-state index contributed by atoms with van der Waals surface area (Å²) in [5.74, 6) is 0.833. The molecule has 0 amide bonds. The smallest absolute Gasteiger partial charge is 0.133 e. The van der Waals surface area contributed by atoms with Crippen molar-refractivity contribution in [1.29, 1.82) is 0 Å². The summed E-state index contributed by atoms with van der Waals surface area (Å²) in [5.41, 5.74) is 4.53. The SMILES string of the molecule is Cc1ccc(Nc2cc(C)ncn2)c(C)c1. The molecule has 0 aliphatic rings. The molecule has 1 N–H and O–H groups in total. The predicted molar refractivity (Wildman–Crippen MR) is 66.0 cm³/mol. The number of rotatable bonds is 2. The highest BCUT2D eigenvalue weighted by Gasteiger charge is 2.00. The highest BCUT2D eigenvalue weighted by atomic mass is 15.0. The molecule has 82 valence electrons. The summed E-state index contributed by atoms with van der Waals surface area (Å²) in [4.78, 5) is 8.24. The van der Waals surface area contributed by atoms with Gasteiger partial charge in [0.25, 0.3) is 0 Å². The van der Waals surface area contributed by atoms with Crippen LogP contribution in [0.2, 0.25) is 0 Å². The molecule has 16 heavy (non-hydrogen) atoms. The van der Waals surface area contributed by atoms with E-state index in [-0.39, 0.29) is 0 Å². The zero-order valence-electron chi connectivity index (χ0n) is 9.78. The van der Waals surface area contributed by atoms with Gasteiger partial charge in [0.1, 0.15) is 12.1 Å². The van der Waals surface area contributed by atoms with Gasteiger partial charge in [0.2, 0.25) is 0 Å². The van der Waals surface area contributed by atoms with Crippen molar-refractivity contribution in [3.63, 3.8) is 0 Å². The van der Waals surface area contributed by atoms with Gasteiger partial charge in [-0.05, 0) is 32.4 Å². The third-order valence-corrected chi connectivity index (χ3v) is 2.45.